The van der Waals surface area contributed by atoms with Gasteiger partial charge in [-0.1, -0.05) is 24.3 Å². The third-order valence-electron chi connectivity index (χ3n) is 6.64. The molecule has 1 aliphatic rings. The standard InChI is InChI=1S/C27H29N7O3/c1-37-21-15-17(11-14-33-12-5-6-13-33)9-10-20(21)31-27-30-16-19-23(35)22(25(29)36)24(28)34(26(19)32-27)18-7-3-2-4-8-18/h2-4,7-10,15-16H,5-6,11-14,28H2,1H3,(H2,29,36)(H,30,31,32). The molecule has 190 valence electrons. The van der Waals surface area contributed by atoms with E-state index in [1.54, 1.807) is 19.2 Å². The van der Waals surface area contributed by atoms with Crippen LogP contribution in [0.1, 0.15) is 28.8 Å². The molecule has 5 rings (SSSR count). The van der Waals surface area contributed by atoms with Gasteiger partial charge in [0.25, 0.3) is 5.91 Å². The van der Waals surface area contributed by atoms with Gasteiger partial charge >= 0.3 is 0 Å². The van der Waals surface area contributed by atoms with Gasteiger partial charge in [0.1, 0.15) is 17.1 Å². The van der Waals surface area contributed by atoms with Crippen LogP contribution in [0.25, 0.3) is 16.7 Å². The number of nitrogens with zero attached hydrogens (tertiary/aromatic N) is 4. The van der Waals surface area contributed by atoms with Crippen LogP contribution in [0, 0.1) is 0 Å². The van der Waals surface area contributed by atoms with Crippen LogP contribution < -0.4 is 26.9 Å². The number of anilines is 3. The number of primary amides is 1. The van der Waals surface area contributed by atoms with E-state index in [0.717, 1.165) is 26.1 Å². The van der Waals surface area contributed by atoms with E-state index in [0.29, 0.717) is 17.1 Å². The van der Waals surface area contributed by atoms with E-state index in [-0.39, 0.29) is 28.4 Å². The quantitative estimate of drug-likeness (QED) is 0.336. The van der Waals surface area contributed by atoms with Gasteiger partial charge in [0.15, 0.2) is 5.65 Å². The van der Waals surface area contributed by atoms with Gasteiger partial charge in [0, 0.05) is 18.4 Å². The summed E-state index contributed by atoms with van der Waals surface area (Å²) in [7, 11) is 1.62. The van der Waals surface area contributed by atoms with Crippen molar-refractivity contribution in [1.82, 2.24) is 19.4 Å². The first-order valence-corrected chi connectivity index (χ1v) is 12.2. The number of pyridine rings is 1. The number of nitrogen functional groups attached to an aromatic ring is 1. The Morgan fingerprint density at radius 2 is 1.89 bits per heavy atom. The van der Waals surface area contributed by atoms with Gasteiger partial charge in [-0.2, -0.15) is 4.98 Å². The smallest absolute Gasteiger partial charge is 0.256 e. The van der Waals surface area contributed by atoms with Gasteiger partial charge in [-0.15, -0.1) is 0 Å². The molecule has 1 aliphatic heterocycles. The third-order valence-corrected chi connectivity index (χ3v) is 6.64. The van der Waals surface area contributed by atoms with Crippen LogP contribution in [0.5, 0.6) is 5.75 Å². The van der Waals surface area contributed by atoms with Crippen LogP contribution in [0.2, 0.25) is 0 Å². The van der Waals surface area contributed by atoms with Crippen molar-refractivity contribution in [1.29, 1.82) is 0 Å². The lowest BCUT2D eigenvalue weighted by Gasteiger charge is -2.17. The normalized spacial score (nSPS) is 13.6. The number of hydrogen-bond donors (Lipinski definition) is 3. The number of nitrogens with two attached hydrogens (primary N) is 2. The van der Waals surface area contributed by atoms with E-state index in [4.69, 9.17) is 16.2 Å². The molecule has 5 N–H and O–H groups in total. The number of carbonyl (C=O) groups is 1. The molecule has 0 spiro atoms. The minimum absolute atomic E-state index is 0.0826. The number of rotatable bonds is 8. The Hall–Kier alpha value is -4.44. The lowest BCUT2D eigenvalue weighted by molar-refractivity contribution is 0.1000. The molecule has 2 aromatic heterocycles. The summed E-state index contributed by atoms with van der Waals surface area (Å²) in [4.78, 5) is 36.5. The number of amides is 1. The van der Waals surface area contributed by atoms with Gasteiger partial charge < -0.3 is 26.4 Å². The van der Waals surface area contributed by atoms with Crippen LogP contribution >= 0.6 is 0 Å². The molecule has 3 heterocycles. The fourth-order valence-corrected chi connectivity index (χ4v) is 4.73. The highest BCUT2D eigenvalue weighted by atomic mass is 16.5. The second kappa shape index (κ2) is 10.3. The predicted molar refractivity (Wildman–Crippen MR) is 144 cm³/mol. The second-order valence-corrected chi connectivity index (χ2v) is 9.01. The van der Waals surface area contributed by atoms with Crippen LogP contribution in [-0.2, 0) is 6.42 Å². The second-order valence-electron chi connectivity index (χ2n) is 9.01. The molecule has 0 radical (unpaired) electrons. The first-order valence-electron chi connectivity index (χ1n) is 12.2. The Balaban J connectivity index is 1.52. The van der Waals surface area contributed by atoms with E-state index >= 15 is 0 Å². The molecule has 1 amide bonds. The molecule has 0 atom stereocenters. The third kappa shape index (κ3) is 4.83. The van der Waals surface area contributed by atoms with Crippen molar-refractivity contribution >= 4 is 34.4 Å². The van der Waals surface area contributed by atoms with Crippen molar-refractivity contribution in [3.63, 3.8) is 0 Å². The largest absolute Gasteiger partial charge is 0.495 e. The van der Waals surface area contributed by atoms with E-state index in [9.17, 15) is 9.59 Å². The van der Waals surface area contributed by atoms with Gasteiger partial charge in [0.05, 0.1) is 18.2 Å². The number of nitrogens with one attached hydrogen (secondary N) is 1. The average molecular weight is 500 g/mol. The molecule has 2 aromatic carbocycles. The number of benzene rings is 2. The average Bonchev–Trinajstić information content (AvgIpc) is 3.42. The minimum atomic E-state index is -0.911. The molecule has 0 aliphatic carbocycles. The Morgan fingerprint density at radius 1 is 1.14 bits per heavy atom. The molecule has 1 fully saturated rings. The van der Waals surface area contributed by atoms with Crippen LogP contribution in [0.4, 0.5) is 17.5 Å². The van der Waals surface area contributed by atoms with Crippen molar-refractivity contribution < 1.29 is 9.53 Å². The number of ether oxygens (including phenoxy) is 1. The fourth-order valence-electron chi connectivity index (χ4n) is 4.73. The maximum Gasteiger partial charge on any atom is 0.256 e. The summed E-state index contributed by atoms with van der Waals surface area (Å²) < 4.78 is 7.16. The molecule has 0 saturated carbocycles. The summed E-state index contributed by atoms with van der Waals surface area (Å²) in [6, 6.07) is 15.1. The number of carbonyl (C=O) groups excluding carboxylic acids is 1. The van der Waals surface area contributed by atoms with Gasteiger partial charge in [-0.05, 0) is 62.2 Å². The van der Waals surface area contributed by atoms with Crippen LogP contribution in [0.15, 0.2) is 59.5 Å². The van der Waals surface area contributed by atoms with Crippen molar-refractivity contribution in [2.24, 2.45) is 5.73 Å². The first kappa shape index (κ1) is 24.3. The first-order chi connectivity index (χ1) is 18.0. The summed E-state index contributed by atoms with van der Waals surface area (Å²) >= 11 is 0. The Bertz CT molecular complexity index is 1510. The molecule has 0 unspecified atom stereocenters. The van der Waals surface area contributed by atoms with Crippen molar-refractivity contribution in [3.05, 3.63) is 76.1 Å². The summed E-state index contributed by atoms with van der Waals surface area (Å²) in [5.74, 6) is -0.0933. The monoisotopic (exact) mass is 499 g/mol. The summed E-state index contributed by atoms with van der Waals surface area (Å²) in [5.41, 5.74) is 13.6. The van der Waals surface area contributed by atoms with Crippen molar-refractivity contribution in [2.75, 3.05) is 37.8 Å². The SMILES string of the molecule is COc1cc(CCN2CCCC2)ccc1Nc1ncc2c(=O)c(C(N)=O)c(N)n(-c3ccccc3)c2n1. The van der Waals surface area contributed by atoms with E-state index in [2.05, 4.69) is 26.3 Å². The van der Waals surface area contributed by atoms with Crippen LogP contribution in [0.3, 0.4) is 0 Å². The number of fused-ring (bicyclic) bond motifs is 1. The number of hydrogen-bond acceptors (Lipinski definition) is 8. The maximum absolute atomic E-state index is 13.0. The highest BCUT2D eigenvalue weighted by molar-refractivity contribution is 6.01. The Morgan fingerprint density at radius 3 is 2.59 bits per heavy atom. The number of aromatic nitrogens is 3. The molecule has 1 saturated heterocycles. The lowest BCUT2D eigenvalue weighted by atomic mass is 10.1. The number of methoxy groups -OCH3 is 1. The van der Waals surface area contributed by atoms with Gasteiger partial charge in [-0.25, -0.2) is 4.98 Å². The van der Waals surface area contributed by atoms with Crippen molar-refractivity contribution in [3.8, 4) is 11.4 Å². The van der Waals surface area contributed by atoms with Crippen molar-refractivity contribution in [2.45, 2.75) is 19.3 Å². The zero-order chi connectivity index (χ0) is 25.9. The zero-order valence-electron chi connectivity index (χ0n) is 20.6. The highest BCUT2D eigenvalue weighted by Gasteiger charge is 2.22. The molecule has 0 bridgehead atoms. The zero-order valence-corrected chi connectivity index (χ0v) is 20.6. The number of para-hydroxylation sites is 1. The molecular formula is C27H29N7O3. The predicted octanol–water partition coefficient (Wildman–Crippen LogP) is 2.85. The summed E-state index contributed by atoms with van der Waals surface area (Å²) in [5, 5.41) is 3.32. The lowest BCUT2D eigenvalue weighted by Crippen LogP contribution is -2.27. The minimum Gasteiger partial charge on any atom is -0.495 e. The Labute approximate surface area is 213 Å². The summed E-state index contributed by atoms with van der Waals surface area (Å²) in [6.07, 6.45) is 4.85. The fraction of sp³-hybridized carbons (Fsp3) is 0.259. The number of likely N-dealkylation sites (tertiary alicyclic amines) is 1. The molecular weight excluding hydrogens is 470 g/mol. The van der Waals surface area contributed by atoms with Gasteiger partial charge in [-0.3, -0.25) is 14.2 Å². The van der Waals surface area contributed by atoms with Gasteiger partial charge in [0.2, 0.25) is 11.4 Å². The molecule has 10 nitrogen and oxygen atoms in total. The Kier molecular flexibility index (Phi) is 6.74. The van der Waals surface area contributed by atoms with E-state index in [1.165, 1.54) is 29.2 Å². The van der Waals surface area contributed by atoms with Crippen LogP contribution in [-0.4, -0.2) is 52.1 Å². The maximum atomic E-state index is 13.0. The molecule has 4 aromatic rings. The summed E-state index contributed by atoms with van der Waals surface area (Å²) in [6.45, 7) is 3.35. The molecule has 10 heteroatoms. The highest BCUT2D eigenvalue weighted by Crippen LogP contribution is 2.29. The molecule has 37 heavy (non-hydrogen) atoms. The van der Waals surface area contributed by atoms with E-state index < -0.39 is 11.3 Å². The van der Waals surface area contributed by atoms with E-state index in [1.807, 2.05) is 30.3 Å². The topological polar surface area (TPSA) is 141 Å².